The molecule has 0 spiro atoms. The first kappa shape index (κ1) is 48.2. The number of thiazole rings is 1. The Morgan fingerprint density at radius 1 is 0.809 bits per heavy atom. The Morgan fingerprint density at radius 3 is 1.82 bits per heavy atom. The molecule has 0 bridgehead atoms. The lowest BCUT2D eigenvalue weighted by atomic mass is 9.77. The number of anilines is 1. The molecule has 2 aliphatic heterocycles. The summed E-state index contributed by atoms with van der Waals surface area (Å²) in [4.78, 5) is 68.1. The number of amides is 2. The SMILES string of the molecule is CC(CO/N=C(\C(=O)NC1C(=O)N2C(C(=O)OC(c3ccccc3)c3ccccc3)=C(CI)CS[C@H]12)c1csc(NC(c2ccccc2)(c2ccccc2)c2ccccc2)n1)C(=O)OC(C)(C)C. The molecule has 5 aromatic carbocycles. The van der Waals surface area contributed by atoms with Crippen molar-refractivity contribution >= 4 is 80.3 Å². The highest BCUT2D eigenvalue weighted by molar-refractivity contribution is 14.1. The lowest BCUT2D eigenvalue weighted by Gasteiger charge is -2.49. The molecule has 12 nitrogen and oxygen atoms in total. The van der Waals surface area contributed by atoms with E-state index in [1.165, 1.54) is 28.0 Å². The fraction of sp³-hybridized carbons (Fsp3) is 0.245. The van der Waals surface area contributed by atoms with E-state index in [2.05, 4.69) is 74.8 Å². The highest BCUT2D eigenvalue weighted by Crippen LogP contribution is 2.43. The molecular weight excluding hydrogens is 1010 g/mol. The van der Waals surface area contributed by atoms with Gasteiger partial charge in [0.2, 0.25) is 0 Å². The second kappa shape index (κ2) is 21.3. The van der Waals surface area contributed by atoms with Crippen molar-refractivity contribution in [2.24, 2.45) is 11.1 Å². The number of alkyl halides is 1. The summed E-state index contributed by atoms with van der Waals surface area (Å²) in [6, 6.07) is 48.0. The summed E-state index contributed by atoms with van der Waals surface area (Å²) in [6.45, 7) is 6.78. The van der Waals surface area contributed by atoms with Crippen molar-refractivity contribution in [3.63, 3.8) is 0 Å². The number of halogens is 1. The molecule has 0 saturated carbocycles. The quantitative estimate of drug-likeness (QED) is 0.0172. The molecule has 8 rings (SSSR count). The fourth-order valence-electron chi connectivity index (χ4n) is 8.00. The van der Waals surface area contributed by atoms with Crippen LogP contribution in [0.3, 0.4) is 0 Å². The number of aromatic nitrogens is 1. The molecule has 1 aromatic heterocycles. The number of β-lactam (4-membered cyclic amide) rings is 1. The van der Waals surface area contributed by atoms with Gasteiger partial charge in [0.05, 0.1) is 5.92 Å². The Bertz CT molecular complexity index is 2650. The number of ether oxygens (including phenoxy) is 2. The van der Waals surface area contributed by atoms with Gasteiger partial charge in [0, 0.05) is 15.6 Å². The van der Waals surface area contributed by atoms with Gasteiger partial charge in [-0.2, -0.15) is 0 Å². The number of carbonyl (C=O) groups excluding carboxylic acids is 4. The van der Waals surface area contributed by atoms with Gasteiger partial charge in [-0.25, -0.2) is 9.78 Å². The summed E-state index contributed by atoms with van der Waals surface area (Å²) >= 11 is 4.91. The second-order valence-electron chi connectivity index (χ2n) is 17.2. The maximum absolute atomic E-state index is 14.6. The molecule has 15 heteroatoms. The molecular formula is C53H50IN5O7S2. The number of esters is 2. The van der Waals surface area contributed by atoms with Crippen molar-refractivity contribution in [1.82, 2.24) is 15.2 Å². The first-order valence-electron chi connectivity index (χ1n) is 22.1. The van der Waals surface area contributed by atoms with Crippen molar-refractivity contribution < 1.29 is 33.5 Å². The normalized spacial score (nSPS) is 16.6. The van der Waals surface area contributed by atoms with Gasteiger partial charge in [-0.15, -0.1) is 23.1 Å². The van der Waals surface area contributed by atoms with E-state index >= 15 is 0 Å². The smallest absolute Gasteiger partial charge is 0.356 e. The molecule has 1 fully saturated rings. The van der Waals surface area contributed by atoms with Gasteiger partial charge >= 0.3 is 11.9 Å². The molecule has 2 unspecified atom stereocenters. The minimum atomic E-state index is -1.02. The van der Waals surface area contributed by atoms with Crippen LogP contribution in [0.1, 0.15) is 67.3 Å². The summed E-state index contributed by atoms with van der Waals surface area (Å²) in [5, 5.41) is 12.5. The zero-order valence-corrected chi connectivity index (χ0v) is 41.6. The Hall–Kier alpha value is -6.30. The molecule has 2 amide bonds. The van der Waals surface area contributed by atoms with Crippen molar-refractivity contribution in [2.45, 2.75) is 56.4 Å². The van der Waals surface area contributed by atoms with Crippen LogP contribution in [0.4, 0.5) is 5.13 Å². The predicted octanol–water partition coefficient (Wildman–Crippen LogP) is 9.67. The maximum Gasteiger partial charge on any atom is 0.356 e. The average Bonchev–Trinajstić information content (AvgIpc) is 3.83. The second-order valence-corrected chi connectivity index (χ2v) is 20.0. The number of rotatable bonds is 17. The van der Waals surface area contributed by atoms with E-state index in [4.69, 9.17) is 19.3 Å². The number of nitrogens with zero attached hydrogens (tertiary/aromatic N) is 3. The van der Waals surface area contributed by atoms with Crippen molar-refractivity contribution in [3.05, 3.63) is 202 Å². The molecule has 6 aromatic rings. The first-order valence-corrected chi connectivity index (χ1v) is 25.5. The van der Waals surface area contributed by atoms with Crippen LogP contribution in [0.25, 0.3) is 0 Å². The predicted molar refractivity (Wildman–Crippen MR) is 274 cm³/mol. The lowest BCUT2D eigenvalue weighted by Crippen LogP contribution is -2.71. The highest BCUT2D eigenvalue weighted by Gasteiger charge is 2.55. The largest absolute Gasteiger partial charge is 0.460 e. The molecule has 3 atom stereocenters. The van der Waals surface area contributed by atoms with E-state index < -0.39 is 58.3 Å². The van der Waals surface area contributed by atoms with Crippen LogP contribution in [0.5, 0.6) is 0 Å². The van der Waals surface area contributed by atoms with Crippen LogP contribution >= 0.6 is 45.7 Å². The first-order chi connectivity index (χ1) is 32.9. The standard InChI is InChI=1S/C53H50IN5O7S2/c1-34(49(62)66-52(2,3)4)31-64-58-42(41-33-68-51(55-41)57-53(38-24-14-7-15-25-38,39-26-16-8-17-27-39)40-28-18-9-19-29-40)46(60)56-43-47(61)59-44(37(30-54)32-67-48(43)59)50(63)65-45(35-20-10-5-11-21-35)36-22-12-6-13-23-36/h5-29,33-34,43,45,48H,30-32H2,1-4H3,(H,55,57)(H,56,60)/b58-42-/t34?,43?,48-/m1/s1. The van der Waals surface area contributed by atoms with Gasteiger partial charge in [0.15, 0.2) is 16.9 Å². The van der Waals surface area contributed by atoms with Crippen molar-refractivity contribution in [2.75, 3.05) is 22.1 Å². The Morgan fingerprint density at radius 2 is 1.32 bits per heavy atom. The zero-order valence-electron chi connectivity index (χ0n) is 37.8. The topological polar surface area (TPSA) is 149 Å². The summed E-state index contributed by atoms with van der Waals surface area (Å²) in [5.41, 5.74) is 3.70. The van der Waals surface area contributed by atoms with E-state index in [1.54, 1.807) is 33.1 Å². The Balaban J connectivity index is 1.08. The van der Waals surface area contributed by atoms with Gasteiger partial charge in [-0.1, -0.05) is 179 Å². The van der Waals surface area contributed by atoms with Crippen LogP contribution in [0, 0.1) is 5.92 Å². The van der Waals surface area contributed by atoms with Gasteiger partial charge in [0.25, 0.3) is 11.8 Å². The highest BCUT2D eigenvalue weighted by atomic mass is 127. The number of carbonyl (C=O) groups is 4. The van der Waals surface area contributed by atoms with E-state index in [0.717, 1.165) is 33.4 Å². The third-order valence-corrected chi connectivity index (χ3v) is 14.3. The van der Waals surface area contributed by atoms with E-state index in [0.29, 0.717) is 15.3 Å². The van der Waals surface area contributed by atoms with Crippen LogP contribution in [-0.4, -0.2) is 73.2 Å². The molecule has 2 aliphatic rings. The molecule has 3 heterocycles. The summed E-state index contributed by atoms with van der Waals surface area (Å²) in [7, 11) is 0. The van der Waals surface area contributed by atoms with Crippen molar-refractivity contribution in [1.29, 1.82) is 0 Å². The van der Waals surface area contributed by atoms with E-state index in [9.17, 15) is 19.2 Å². The summed E-state index contributed by atoms with van der Waals surface area (Å²) in [6.07, 6.45) is -0.722. The Kier molecular flexibility index (Phi) is 15.1. The van der Waals surface area contributed by atoms with Crippen LogP contribution in [0.15, 0.2) is 173 Å². The zero-order chi connectivity index (χ0) is 47.8. The number of hydrogen-bond acceptors (Lipinski definition) is 12. The molecule has 0 aliphatic carbocycles. The molecule has 2 N–H and O–H groups in total. The molecule has 68 heavy (non-hydrogen) atoms. The van der Waals surface area contributed by atoms with Crippen LogP contribution < -0.4 is 10.6 Å². The minimum Gasteiger partial charge on any atom is -0.460 e. The molecule has 0 radical (unpaired) electrons. The lowest BCUT2D eigenvalue weighted by molar-refractivity contribution is -0.161. The van der Waals surface area contributed by atoms with E-state index in [-0.39, 0.29) is 23.7 Å². The van der Waals surface area contributed by atoms with Gasteiger partial charge in [-0.3, -0.25) is 19.3 Å². The summed E-state index contributed by atoms with van der Waals surface area (Å²) < 4.78 is 12.3. The number of hydrogen-bond donors (Lipinski definition) is 2. The minimum absolute atomic E-state index is 0.173. The third-order valence-electron chi connectivity index (χ3n) is 11.3. The number of thioether (sulfide) groups is 1. The Labute approximate surface area is 417 Å². The third kappa shape index (κ3) is 10.5. The van der Waals surface area contributed by atoms with Crippen LogP contribution in [0.2, 0.25) is 0 Å². The number of oxime groups is 1. The molecule has 348 valence electrons. The monoisotopic (exact) mass is 1060 g/mol. The van der Waals surface area contributed by atoms with E-state index in [1.807, 2.05) is 115 Å². The van der Waals surface area contributed by atoms with Gasteiger partial charge in [-0.05, 0) is 61.1 Å². The van der Waals surface area contributed by atoms with Gasteiger partial charge < -0.3 is 24.9 Å². The molecule has 1 saturated heterocycles. The van der Waals surface area contributed by atoms with Crippen molar-refractivity contribution in [3.8, 4) is 0 Å². The summed E-state index contributed by atoms with van der Waals surface area (Å²) in [5.74, 6) is -2.61. The van der Waals surface area contributed by atoms with Gasteiger partial charge in [0.1, 0.15) is 40.6 Å². The van der Waals surface area contributed by atoms with Crippen LogP contribution in [-0.2, 0) is 39.0 Å². The number of nitrogens with one attached hydrogen (secondary N) is 2. The fourth-order valence-corrected chi connectivity index (χ4v) is 11.1. The average molecular weight is 1060 g/mol. The number of fused-ring (bicyclic) bond motifs is 1. The number of benzene rings is 5. The maximum atomic E-state index is 14.6.